The van der Waals surface area contributed by atoms with Gasteiger partial charge in [0, 0.05) is 37.4 Å². The van der Waals surface area contributed by atoms with E-state index in [1.807, 2.05) is 0 Å². The van der Waals surface area contributed by atoms with Crippen LogP contribution in [-0.2, 0) is 14.8 Å². The van der Waals surface area contributed by atoms with Crippen molar-refractivity contribution in [3.05, 3.63) is 42.5 Å². The lowest BCUT2D eigenvalue weighted by atomic mass is 10.1. The first kappa shape index (κ1) is 17.6. The molecule has 25 heavy (non-hydrogen) atoms. The fourth-order valence-corrected chi connectivity index (χ4v) is 4.25. The van der Waals surface area contributed by atoms with Crippen LogP contribution in [0.2, 0.25) is 0 Å². The highest BCUT2D eigenvalue weighted by molar-refractivity contribution is 7.90. The van der Waals surface area contributed by atoms with Crippen LogP contribution in [0.25, 0.3) is 0 Å². The second kappa shape index (κ2) is 6.61. The Balaban J connectivity index is 1.59. The molecule has 2 aliphatic rings. The van der Waals surface area contributed by atoms with Gasteiger partial charge in [-0.3, -0.25) is 9.59 Å². The number of amides is 2. The van der Waals surface area contributed by atoms with Gasteiger partial charge in [0.1, 0.15) is 5.25 Å². The first-order valence-electron chi connectivity index (χ1n) is 8.12. The Kier molecular flexibility index (Phi) is 4.66. The molecule has 0 bridgehead atoms. The predicted molar refractivity (Wildman–Crippen MR) is 94.8 cm³/mol. The van der Waals surface area contributed by atoms with Gasteiger partial charge in [0.2, 0.25) is 15.9 Å². The molecule has 3 rings (SSSR count). The minimum Gasteiger partial charge on any atom is -0.336 e. The largest absolute Gasteiger partial charge is 0.336 e. The third-order valence-electron chi connectivity index (χ3n) is 4.49. The summed E-state index contributed by atoms with van der Waals surface area (Å²) in [4.78, 5) is 26.9. The van der Waals surface area contributed by atoms with Crippen molar-refractivity contribution in [2.45, 2.75) is 24.1 Å². The molecule has 1 heterocycles. The van der Waals surface area contributed by atoms with E-state index in [0.717, 1.165) is 12.8 Å². The Morgan fingerprint density at radius 2 is 1.84 bits per heavy atom. The van der Waals surface area contributed by atoms with Crippen LogP contribution in [0.5, 0.6) is 0 Å². The molecule has 134 valence electrons. The summed E-state index contributed by atoms with van der Waals surface area (Å²) in [5.41, 5.74) is 1.12. The smallest absolute Gasteiger partial charge is 0.253 e. The summed E-state index contributed by atoms with van der Waals surface area (Å²) in [5.74, 6) is -0.444. The average Bonchev–Trinajstić information content (AvgIpc) is 3.34. The van der Waals surface area contributed by atoms with Crippen LogP contribution in [0.15, 0.2) is 36.9 Å². The Bertz CT molecular complexity index is 794. The van der Waals surface area contributed by atoms with Crippen LogP contribution in [0, 0.1) is 0 Å². The minimum atomic E-state index is -3.34. The number of carbonyl (C=O) groups is 2. The first-order chi connectivity index (χ1) is 11.8. The third kappa shape index (κ3) is 3.74. The normalized spacial score (nSPS) is 17.7. The molecule has 7 nitrogen and oxygen atoms in total. The van der Waals surface area contributed by atoms with Gasteiger partial charge >= 0.3 is 0 Å². The Labute approximate surface area is 147 Å². The van der Waals surface area contributed by atoms with E-state index in [0.29, 0.717) is 11.3 Å². The second-order valence-electron chi connectivity index (χ2n) is 6.42. The van der Waals surface area contributed by atoms with Crippen LogP contribution in [0.3, 0.4) is 0 Å². The van der Waals surface area contributed by atoms with Gasteiger partial charge in [-0.15, -0.1) is 0 Å². The number of benzene rings is 1. The molecule has 0 radical (unpaired) electrons. The van der Waals surface area contributed by atoms with Crippen LogP contribution >= 0.6 is 0 Å². The lowest BCUT2D eigenvalue weighted by molar-refractivity contribution is -0.113. The highest BCUT2D eigenvalue weighted by Gasteiger charge is 2.42. The molecule has 1 aromatic carbocycles. The summed E-state index contributed by atoms with van der Waals surface area (Å²) in [6.45, 7) is 3.85. The van der Waals surface area contributed by atoms with E-state index in [1.165, 1.54) is 15.9 Å². The number of hydrogen-bond acceptors (Lipinski definition) is 4. The quantitative estimate of drug-likeness (QED) is 0.756. The van der Waals surface area contributed by atoms with E-state index >= 15 is 0 Å². The molecule has 0 atom stereocenters. The molecule has 1 aliphatic heterocycles. The molecule has 2 amide bonds. The summed E-state index contributed by atoms with van der Waals surface area (Å²) < 4.78 is 26.8. The fraction of sp³-hybridized carbons (Fsp3) is 0.412. The van der Waals surface area contributed by atoms with Crippen molar-refractivity contribution in [1.29, 1.82) is 0 Å². The standard InChI is InChI=1S/C17H21N3O4S/c1-3-16(21)19(2)14-8-4-12(5-9-14)17(22)20-10-15(11-20)25(23,24)18-13-6-7-13/h3-5,8-9,13,15,18H,1,6-7,10-11H2,2H3. The molecule has 0 aromatic heterocycles. The minimum absolute atomic E-state index is 0.0811. The molecule has 2 fully saturated rings. The van der Waals surface area contributed by atoms with Gasteiger partial charge in [0.05, 0.1) is 0 Å². The van der Waals surface area contributed by atoms with Gasteiger partial charge in [0.15, 0.2) is 0 Å². The summed E-state index contributed by atoms with van der Waals surface area (Å²) in [6, 6.07) is 6.70. The molecule has 1 N–H and O–H groups in total. The van der Waals surface area contributed by atoms with Crippen molar-refractivity contribution in [2.24, 2.45) is 0 Å². The number of nitrogens with zero attached hydrogens (tertiary/aromatic N) is 2. The molecule has 0 spiro atoms. The summed E-state index contributed by atoms with van der Waals surface area (Å²) in [7, 11) is -1.71. The van der Waals surface area contributed by atoms with Gasteiger partial charge in [-0.2, -0.15) is 0 Å². The molecular weight excluding hydrogens is 342 g/mol. The zero-order chi connectivity index (χ0) is 18.2. The number of likely N-dealkylation sites (N-methyl/N-ethyl adjacent to an activating group) is 1. The zero-order valence-corrected chi connectivity index (χ0v) is 14.8. The first-order valence-corrected chi connectivity index (χ1v) is 9.67. The van der Waals surface area contributed by atoms with Crippen LogP contribution in [0.4, 0.5) is 5.69 Å². The van der Waals surface area contributed by atoms with Crippen molar-refractivity contribution < 1.29 is 18.0 Å². The number of rotatable bonds is 6. The number of carbonyl (C=O) groups excluding carboxylic acids is 2. The third-order valence-corrected chi connectivity index (χ3v) is 6.33. The Morgan fingerprint density at radius 1 is 1.24 bits per heavy atom. The number of hydrogen-bond donors (Lipinski definition) is 1. The zero-order valence-electron chi connectivity index (χ0n) is 14.0. The van der Waals surface area contributed by atoms with Gasteiger partial charge < -0.3 is 9.80 Å². The molecule has 1 aromatic rings. The van der Waals surface area contributed by atoms with Crippen molar-refractivity contribution in [3.8, 4) is 0 Å². The summed E-state index contributed by atoms with van der Waals surface area (Å²) in [6.07, 6.45) is 3.00. The van der Waals surface area contributed by atoms with E-state index in [-0.39, 0.29) is 30.9 Å². The maximum Gasteiger partial charge on any atom is 0.253 e. The average molecular weight is 363 g/mol. The van der Waals surface area contributed by atoms with Crippen LogP contribution in [0.1, 0.15) is 23.2 Å². The molecule has 0 unspecified atom stereocenters. The van der Waals surface area contributed by atoms with Gasteiger partial charge in [-0.25, -0.2) is 13.1 Å². The highest BCUT2D eigenvalue weighted by Crippen LogP contribution is 2.25. The second-order valence-corrected chi connectivity index (χ2v) is 8.41. The monoisotopic (exact) mass is 363 g/mol. The lowest BCUT2D eigenvalue weighted by Gasteiger charge is -2.38. The SMILES string of the molecule is C=CC(=O)N(C)c1ccc(C(=O)N2CC(S(=O)(=O)NC3CC3)C2)cc1. The molecule has 1 saturated carbocycles. The van der Waals surface area contributed by atoms with E-state index in [9.17, 15) is 18.0 Å². The number of nitrogens with one attached hydrogen (secondary N) is 1. The summed E-state index contributed by atoms with van der Waals surface area (Å²) in [5, 5.41) is -0.535. The van der Waals surface area contributed by atoms with Gasteiger partial charge in [-0.05, 0) is 43.2 Å². The highest BCUT2D eigenvalue weighted by atomic mass is 32.2. The number of anilines is 1. The van der Waals surface area contributed by atoms with Crippen molar-refractivity contribution >= 4 is 27.5 Å². The molecule has 1 saturated heterocycles. The summed E-state index contributed by atoms with van der Waals surface area (Å²) >= 11 is 0. The van der Waals surface area contributed by atoms with Crippen molar-refractivity contribution in [3.63, 3.8) is 0 Å². The lowest BCUT2D eigenvalue weighted by Crippen LogP contribution is -2.59. The topological polar surface area (TPSA) is 86.8 Å². The predicted octanol–water partition coefficient (Wildman–Crippen LogP) is 0.742. The maximum absolute atomic E-state index is 12.4. The van der Waals surface area contributed by atoms with E-state index < -0.39 is 15.3 Å². The number of likely N-dealkylation sites (tertiary alicyclic amines) is 1. The Hall–Kier alpha value is -2.19. The fourth-order valence-electron chi connectivity index (χ4n) is 2.60. The van der Waals surface area contributed by atoms with E-state index in [4.69, 9.17) is 0 Å². The van der Waals surface area contributed by atoms with Gasteiger partial charge in [0.25, 0.3) is 5.91 Å². The van der Waals surface area contributed by atoms with Crippen molar-refractivity contribution in [1.82, 2.24) is 9.62 Å². The molecule has 8 heteroatoms. The Morgan fingerprint density at radius 3 is 2.36 bits per heavy atom. The van der Waals surface area contributed by atoms with Crippen LogP contribution < -0.4 is 9.62 Å². The number of sulfonamides is 1. The van der Waals surface area contributed by atoms with Crippen LogP contribution in [-0.4, -0.2) is 56.6 Å². The van der Waals surface area contributed by atoms with Crippen molar-refractivity contribution in [2.75, 3.05) is 25.0 Å². The molecule has 1 aliphatic carbocycles. The van der Waals surface area contributed by atoms with E-state index in [1.54, 1.807) is 31.3 Å². The molecular formula is C17H21N3O4S. The van der Waals surface area contributed by atoms with Gasteiger partial charge in [-0.1, -0.05) is 6.58 Å². The maximum atomic E-state index is 12.4. The van der Waals surface area contributed by atoms with E-state index in [2.05, 4.69) is 11.3 Å².